The lowest BCUT2D eigenvalue weighted by atomic mass is 9.99. The molecule has 2 aromatic carbocycles. The zero-order chi connectivity index (χ0) is 20.2. The van der Waals surface area contributed by atoms with Gasteiger partial charge in [-0.15, -0.1) is 11.3 Å². The van der Waals surface area contributed by atoms with Gasteiger partial charge in [0.1, 0.15) is 24.0 Å². The van der Waals surface area contributed by atoms with Gasteiger partial charge in [0.2, 0.25) is 5.78 Å². The van der Waals surface area contributed by atoms with E-state index in [1.54, 1.807) is 17.8 Å². The van der Waals surface area contributed by atoms with Crippen LogP contribution in [0.3, 0.4) is 0 Å². The maximum Gasteiger partial charge on any atom is 0.205 e. The highest BCUT2D eigenvalue weighted by atomic mass is 32.1. The van der Waals surface area contributed by atoms with Gasteiger partial charge in [-0.05, 0) is 42.3 Å². The van der Waals surface area contributed by atoms with Gasteiger partial charge < -0.3 is 9.72 Å². The maximum atomic E-state index is 13.0. The number of aryl methyl sites for hydroxylation is 1. The van der Waals surface area contributed by atoms with Crippen LogP contribution in [0, 0.1) is 18.3 Å². The van der Waals surface area contributed by atoms with Gasteiger partial charge in [0.05, 0.1) is 11.2 Å². The molecule has 0 atom stereocenters. The molecule has 6 heteroatoms. The minimum atomic E-state index is -0.295. The molecule has 0 unspecified atom stereocenters. The number of hydrogen-bond donors (Lipinski definition) is 1. The number of rotatable bonds is 6. The Bertz CT molecular complexity index is 1230. The van der Waals surface area contributed by atoms with Crippen molar-refractivity contribution in [2.75, 3.05) is 0 Å². The molecule has 0 bridgehead atoms. The summed E-state index contributed by atoms with van der Waals surface area (Å²) >= 11 is 1.53. The molecule has 0 saturated carbocycles. The number of Topliss-reactive ketones (excluding diaryl/α,β-unsaturated/α-hetero) is 1. The van der Waals surface area contributed by atoms with Crippen molar-refractivity contribution in [3.8, 4) is 11.8 Å². The SMILES string of the molecule is Cc1cccc2[nH]cc(C(=O)C(C#N)=Cc3ccc(OCc4cscn4)cc3)c12. The molecule has 2 aromatic heterocycles. The van der Waals surface area contributed by atoms with Crippen molar-refractivity contribution >= 4 is 34.1 Å². The molecule has 0 amide bonds. The fourth-order valence-electron chi connectivity index (χ4n) is 3.13. The first-order valence-corrected chi connectivity index (χ1v) is 9.93. The van der Waals surface area contributed by atoms with Crippen LogP contribution in [-0.4, -0.2) is 15.8 Å². The van der Waals surface area contributed by atoms with E-state index in [0.717, 1.165) is 27.7 Å². The highest BCUT2D eigenvalue weighted by Gasteiger charge is 2.17. The normalized spacial score (nSPS) is 11.4. The van der Waals surface area contributed by atoms with Crippen LogP contribution in [0.25, 0.3) is 17.0 Å². The van der Waals surface area contributed by atoms with Crippen LogP contribution in [0.5, 0.6) is 5.75 Å². The second-order valence-corrected chi connectivity index (χ2v) is 7.25. The zero-order valence-electron chi connectivity index (χ0n) is 15.7. The molecular formula is C23H17N3O2S. The third-order valence-electron chi connectivity index (χ3n) is 4.59. The fourth-order valence-corrected chi connectivity index (χ4v) is 3.68. The molecule has 0 aliphatic carbocycles. The second-order valence-electron chi connectivity index (χ2n) is 6.54. The predicted octanol–water partition coefficient (Wildman–Crippen LogP) is 5.30. The summed E-state index contributed by atoms with van der Waals surface area (Å²) in [5, 5.41) is 12.4. The summed E-state index contributed by atoms with van der Waals surface area (Å²) in [4.78, 5) is 20.3. The van der Waals surface area contributed by atoms with Crippen molar-refractivity contribution in [1.29, 1.82) is 5.26 Å². The summed E-state index contributed by atoms with van der Waals surface area (Å²) in [6.45, 7) is 2.35. The molecule has 0 fully saturated rings. The molecule has 1 N–H and O–H groups in total. The van der Waals surface area contributed by atoms with E-state index in [1.165, 1.54) is 11.3 Å². The number of thiazole rings is 1. The zero-order valence-corrected chi connectivity index (χ0v) is 16.5. The van der Waals surface area contributed by atoms with Crippen molar-refractivity contribution in [2.45, 2.75) is 13.5 Å². The summed E-state index contributed by atoms with van der Waals surface area (Å²) in [5.41, 5.74) is 5.87. The van der Waals surface area contributed by atoms with E-state index >= 15 is 0 Å². The largest absolute Gasteiger partial charge is 0.487 e. The average Bonchev–Trinajstić information content (AvgIpc) is 3.41. The molecule has 2 heterocycles. The van der Waals surface area contributed by atoms with Crippen LogP contribution in [-0.2, 0) is 6.61 Å². The highest BCUT2D eigenvalue weighted by molar-refractivity contribution is 7.07. The van der Waals surface area contributed by atoms with Crippen LogP contribution in [0.2, 0.25) is 0 Å². The van der Waals surface area contributed by atoms with Gasteiger partial charge in [-0.1, -0.05) is 24.3 Å². The molecule has 0 aliphatic rings. The van der Waals surface area contributed by atoms with Crippen molar-refractivity contribution in [3.63, 3.8) is 0 Å². The lowest BCUT2D eigenvalue weighted by Crippen LogP contribution is -2.01. The predicted molar refractivity (Wildman–Crippen MR) is 114 cm³/mol. The molecule has 4 rings (SSSR count). The van der Waals surface area contributed by atoms with Crippen molar-refractivity contribution in [2.24, 2.45) is 0 Å². The second kappa shape index (κ2) is 8.13. The Morgan fingerprint density at radius 3 is 2.83 bits per heavy atom. The van der Waals surface area contributed by atoms with Crippen LogP contribution < -0.4 is 4.74 Å². The average molecular weight is 399 g/mol. The number of ether oxygens (including phenoxy) is 1. The monoisotopic (exact) mass is 399 g/mol. The lowest BCUT2D eigenvalue weighted by Gasteiger charge is -2.05. The molecule has 29 heavy (non-hydrogen) atoms. The number of hydrogen-bond acceptors (Lipinski definition) is 5. The molecule has 142 valence electrons. The third-order valence-corrected chi connectivity index (χ3v) is 5.22. The van der Waals surface area contributed by atoms with Gasteiger partial charge in [-0.3, -0.25) is 4.79 Å². The Kier molecular flexibility index (Phi) is 5.23. The number of fused-ring (bicyclic) bond motifs is 1. The van der Waals surface area contributed by atoms with Crippen LogP contribution in [0.15, 0.2) is 65.1 Å². The van der Waals surface area contributed by atoms with E-state index in [4.69, 9.17) is 4.74 Å². The third kappa shape index (κ3) is 3.96. The van der Waals surface area contributed by atoms with Gasteiger partial charge in [-0.25, -0.2) is 4.98 Å². The quantitative estimate of drug-likeness (QED) is 0.271. The number of nitriles is 1. The molecule has 0 spiro atoms. The number of allylic oxidation sites excluding steroid dienone is 1. The number of aromatic nitrogens is 2. The number of carbonyl (C=O) groups excluding carboxylic acids is 1. The highest BCUT2D eigenvalue weighted by Crippen LogP contribution is 2.25. The van der Waals surface area contributed by atoms with Crippen LogP contribution >= 0.6 is 11.3 Å². The Morgan fingerprint density at radius 2 is 2.10 bits per heavy atom. The Morgan fingerprint density at radius 1 is 1.28 bits per heavy atom. The van der Waals surface area contributed by atoms with E-state index < -0.39 is 0 Å². The fraction of sp³-hybridized carbons (Fsp3) is 0.0870. The number of nitrogens with one attached hydrogen (secondary N) is 1. The van der Waals surface area contributed by atoms with E-state index in [-0.39, 0.29) is 11.4 Å². The number of nitrogens with zero attached hydrogens (tertiary/aromatic N) is 2. The molecule has 5 nitrogen and oxygen atoms in total. The first-order valence-electron chi connectivity index (χ1n) is 8.99. The maximum absolute atomic E-state index is 13.0. The number of H-pyrrole nitrogens is 1. The number of aromatic amines is 1. The van der Waals surface area contributed by atoms with E-state index in [1.807, 2.05) is 60.8 Å². The summed E-state index contributed by atoms with van der Waals surface area (Å²) in [5.74, 6) is 0.407. The lowest BCUT2D eigenvalue weighted by molar-refractivity contribution is 0.104. The smallest absolute Gasteiger partial charge is 0.205 e. The van der Waals surface area contributed by atoms with Gasteiger partial charge in [0.25, 0.3) is 0 Å². The van der Waals surface area contributed by atoms with E-state index in [2.05, 4.69) is 9.97 Å². The molecule has 0 radical (unpaired) electrons. The Labute approximate surface area is 171 Å². The summed E-state index contributed by atoms with van der Waals surface area (Å²) < 4.78 is 5.69. The van der Waals surface area contributed by atoms with Gasteiger partial charge in [0.15, 0.2) is 0 Å². The van der Waals surface area contributed by atoms with Gasteiger partial charge in [0, 0.05) is 28.0 Å². The first-order chi connectivity index (χ1) is 14.2. The Hall–Kier alpha value is -3.69. The first kappa shape index (κ1) is 18.7. The van der Waals surface area contributed by atoms with Gasteiger partial charge in [-0.2, -0.15) is 5.26 Å². The molecule has 0 saturated heterocycles. The van der Waals surface area contributed by atoms with Crippen LogP contribution in [0.1, 0.15) is 27.2 Å². The summed E-state index contributed by atoms with van der Waals surface area (Å²) in [7, 11) is 0. The van der Waals surface area contributed by atoms with Crippen LogP contribution in [0.4, 0.5) is 0 Å². The van der Waals surface area contributed by atoms with E-state index in [0.29, 0.717) is 17.9 Å². The number of benzene rings is 2. The summed E-state index contributed by atoms with van der Waals surface area (Å²) in [6.07, 6.45) is 3.27. The molecule has 4 aromatic rings. The minimum Gasteiger partial charge on any atom is -0.487 e. The minimum absolute atomic E-state index is 0.0882. The molecular weight excluding hydrogens is 382 g/mol. The summed E-state index contributed by atoms with van der Waals surface area (Å²) in [6, 6.07) is 15.1. The molecule has 0 aliphatic heterocycles. The number of ketones is 1. The Balaban J connectivity index is 1.55. The van der Waals surface area contributed by atoms with Crippen molar-refractivity contribution in [3.05, 3.63) is 87.5 Å². The van der Waals surface area contributed by atoms with Gasteiger partial charge >= 0.3 is 0 Å². The van der Waals surface area contributed by atoms with Crippen molar-refractivity contribution in [1.82, 2.24) is 9.97 Å². The van der Waals surface area contributed by atoms with Crippen molar-refractivity contribution < 1.29 is 9.53 Å². The standard InChI is InChI=1S/C23H17N3O2S/c1-15-3-2-4-21-22(15)20(11-25-21)23(27)17(10-24)9-16-5-7-19(8-6-16)28-12-18-13-29-14-26-18/h2-9,11,13-14,25H,12H2,1H3. The van der Waals surface area contributed by atoms with E-state index in [9.17, 15) is 10.1 Å². The number of carbonyl (C=O) groups is 1. The topological polar surface area (TPSA) is 78.8 Å².